The highest BCUT2D eigenvalue weighted by atomic mass is 32.1. The van der Waals surface area contributed by atoms with Gasteiger partial charge in [0.25, 0.3) is 0 Å². The van der Waals surface area contributed by atoms with Crippen LogP contribution < -0.4 is 4.74 Å². The molecule has 1 aromatic heterocycles. The van der Waals surface area contributed by atoms with Crippen molar-refractivity contribution in [1.29, 1.82) is 0 Å². The third-order valence-electron chi connectivity index (χ3n) is 2.35. The van der Waals surface area contributed by atoms with Crippen LogP contribution in [0.25, 0.3) is 10.2 Å². The van der Waals surface area contributed by atoms with Crippen molar-refractivity contribution in [3.8, 4) is 5.75 Å². The molecule has 0 saturated carbocycles. The van der Waals surface area contributed by atoms with E-state index in [0.29, 0.717) is 12.5 Å². The third kappa shape index (κ3) is 3.17. The summed E-state index contributed by atoms with van der Waals surface area (Å²) < 4.78 is 6.53. The minimum absolute atomic E-state index is 0.0410. The van der Waals surface area contributed by atoms with Gasteiger partial charge in [-0.1, -0.05) is 13.8 Å². The third-order valence-corrected chi connectivity index (χ3v) is 3.39. The molecule has 0 fully saturated rings. The first-order chi connectivity index (χ1) is 8.19. The summed E-state index contributed by atoms with van der Waals surface area (Å²) in [7, 11) is 0. The Bertz CT molecular complexity index is 493. The molecule has 0 aliphatic carbocycles. The first kappa shape index (κ1) is 12.3. The molecule has 0 amide bonds. The van der Waals surface area contributed by atoms with E-state index in [1.165, 1.54) is 5.01 Å². The van der Waals surface area contributed by atoms with Gasteiger partial charge in [0.15, 0.2) is 0 Å². The lowest BCUT2D eigenvalue weighted by Crippen LogP contribution is -2.00. The van der Waals surface area contributed by atoms with Gasteiger partial charge in [0, 0.05) is 6.42 Å². The average Bonchev–Trinajstić information content (AvgIpc) is 2.66. The van der Waals surface area contributed by atoms with E-state index in [0.717, 1.165) is 22.4 Å². The Hall–Kier alpha value is -1.13. The summed E-state index contributed by atoms with van der Waals surface area (Å²) in [5.41, 5.74) is 1.03. The minimum atomic E-state index is 0.0410. The molecule has 2 aromatic rings. The molecule has 1 N–H and O–H groups in total. The van der Waals surface area contributed by atoms with Crippen molar-refractivity contribution in [2.45, 2.75) is 20.3 Å². The van der Waals surface area contributed by atoms with Gasteiger partial charge in [-0.15, -0.1) is 11.3 Å². The number of rotatable bonds is 5. The maximum Gasteiger partial charge on any atom is 0.120 e. The van der Waals surface area contributed by atoms with E-state index in [9.17, 15) is 0 Å². The van der Waals surface area contributed by atoms with Gasteiger partial charge in [0.2, 0.25) is 0 Å². The predicted molar refractivity (Wildman–Crippen MR) is 70.7 cm³/mol. The van der Waals surface area contributed by atoms with Crippen molar-refractivity contribution in [1.82, 2.24) is 4.98 Å². The van der Waals surface area contributed by atoms with Crippen LogP contribution in [0.4, 0.5) is 0 Å². The molecule has 1 heterocycles. The Morgan fingerprint density at radius 2 is 2.24 bits per heavy atom. The normalized spacial score (nSPS) is 11.3. The zero-order valence-electron chi connectivity index (χ0n) is 10.1. The SMILES string of the molecule is CC(C)Cc1nc2ccc(OCCO)cc2s1. The fourth-order valence-corrected chi connectivity index (χ4v) is 2.85. The minimum Gasteiger partial charge on any atom is -0.491 e. The van der Waals surface area contributed by atoms with Crippen molar-refractivity contribution < 1.29 is 9.84 Å². The molecular weight excluding hydrogens is 234 g/mol. The summed E-state index contributed by atoms with van der Waals surface area (Å²) in [6.07, 6.45) is 1.02. The van der Waals surface area contributed by atoms with Crippen molar-refractivity contribution in [2.75, 3.05) is 13.2 Å². The summed E-state index contributed by atoms with van der Waals surface area (Å²) in [5, 5.41) is 9.88. The van der Waals surface area contributed by atoms with Crippen molar-refractivity contribution in [2.24, 2.45) is 5.92 Å². The summed E-state index contributed by atoms with van der Waals surface area (Å²) in [4.78, 5) is 4.59. The summed E-state index contributed by atoms with van der Waals surface area (Å²) in [6, 6.07) is 5.87. The van der Waals surface area contributed by atoms with Gasteiger partial charge in [-0.25, -0.2) is 4.98 Å². The highest BCUT2D eigenvalue weighted by Crippen LogP contribution is 2.27. The Morgan fingerprint density at radius 1 is 1.41 bits per heavy atom. The molecule has 0 bridgehead atoms. The second-order valence-corrected chi connectivity index (χ2v) is 5.52. The highest BCUT2D eigenvalue weighted by molar-refractivity contribution is 7.18. The second kappa shape index (κ2) is 5.47. The first-order valence-corrected chi connectivity index (χ1v) is 6.64. The van der Waals surface area contributed by atoms with Crippen LogP contribution in [0.2, 0.25) is 0 Å². The number of hydrogen-bond acceptors (Lipinski definition) is 4. The fourth-order valence-electron chi connectivity index (χ4n) is 1.64. The van der Waals surface area contributed by atoms with Gasteiger partial charge in [0.05, 0.1) is 21.8 Å². The van der Waals surface area contributed by atoms with Gasteiger partial charge in [-0.2, -0.15) is 0 Å². The smallest absolute Gasteiger partial charge is 0.120 e. The molecule has 3 nitrogen and oxygen atoms in total. The number of fused-ring (bicyclic) bond motifs is 1. The molecule has 0 unspecified atom stereocenters. The van der Waals surface area contributed by atoms with Gasteiger partial charge in [0.1, 0.15) is 12.4 Å². The molecule has 17 heavy (non-hydrogen) atoms. The van der Waals surface area contributed by atoms with E-state index in [1.807, 2.05) is 18.2 Å². The number of nitrogens with zero attached hydrogens (tertiary/aromatic N) is 1. The molecule has 1 aromatic carbocycles. The van der Waals surface area contributed by atoms with Crippen molar-refractivity contribution >= 4 is 21.6 Å². The number of aliphatic hydroxyl groups excluding tert-OH is 1. The second-order valence-electron chi connectivity index (χ2n) is 4.41. The molecule has 0 spiro atoms. The lowest BCUT2D eigenvalue weighted by molar-refractivity contribution is 0.201. The largest absolute Gasteiger partial charge is 0.491 e. The Kier molecular flexibility index (Phi) is 3.97. The summed E-state index contributed by atoms with van der Waals surface area (Å²) in [5.74, 6) is 1.42. The van der Waals surface area contributed by atoms with Crippen LogP contribution in [-0.2, 0) is 6.42 Å². The molecule has 0 atom stereocenters. The first-order valence-electron chi connectivity index (χ1n) is 5.82. The lowest BCUT2D eigenvalue weighted by atomic mass is 10.1. The van der Waals surface area contributed by atoms with E-state index < -0.39 is 0 Å². The topological polar surface area (TPSA) is 42.4 Å². The summed E-state index contributed by atoms with van der Waals surface area (Å²) >= 11 is 1.72. The molecule has 0 aliphatic rings. The fraction of sp³-hybridized carbons (Fsp3) is 0.462. The van der Waals surface area contributed by atoms with Crippen molar-refractivity contribution in [3.05, 3.63) is 23.2 Å². The van der Waals surface area contributed by atoms with Gasteiger partial charge in [-0.3, -0.25) is 0 Å². The molecule has 2 rings (SSSR count). The maximum atomic E-state index is 8.71. The molecule has 4 heteroatoms. The Balaban J connectivity index is 2.21. The lowest BCUT2D eigenvalue weighted by Gasteiger charge is -2.02. The number of thiazole rings is 1. The quantitative estimate of drug-likeness (QED) is 0.888. The van der Waals surface area contributed by atoms with Crippen LogP contribution in [0.5, 0.6) is 5.75 Å². The van der Waals surface area contributed by atoms with Crippen LogP contribution in [0.3, 0.4) is 0 Å². The van der Waals surface area contributed by atoms with E-state index >= 15 is 0 Å². The predicted octanol–water partition coefficient (Wildman–Crippen LogP) is 2.87. The van der Waals surface area contributed by atoms with Gasteiger partial charge < -0.3 is 9.84 Å². The molecular formula is C13H17NO2S. The summed E-state index contributed by atoms with van der Waals surface area (Å²) in [6.45, 7) is 4.77. The number of aliphatic hydroxyl groups is 1. The van der Waals surface area contributed by atoms with Gasteiger partial charge in [-0.05, 0) is 24.1 Å². The zero-order chi connectivity index (χ0) is 12.3. The van der Waals surface area contributed by atoms with Crippen LogP contribution in [0, 0.1) is 5.92 Å². The standard InChI is InChI=1S/C13H17NO2S/c1-9(2)7-13-14-11-4-3-10(16-6-5-15)8-12(11)17-13/h3-4,8-9,15H,5-7H2,1-2H3. The zero-order valence-corrected chi connectivity index (χ0v) is 11.0. The van der Waals surface area contributed by atoms with E-state index in [2.05, 4.69) is 18.8 Å². The van der Waals surface area contributed by atoms with E-state index in [-0.39, 0.29) is 6.61 Å². The monoisotopic (exact) mass is 251 g/mol. The van der Waals surface area contributed by atoms with E-state index in [4.69, 9.17) is 9.84 Å². The van der Waals surface area contributed by atoms with Crippen LogP contribution >= 0.6 is 11.3 Å². The van der Waals surface area contributed by atoms with Crippen LogP contribution in [0.15, 0.2) is 18.2 Å². The number of ether oxygens (including phenoxy) is 1. The van der Waals surface area contributed by atoms with Crippen LogP contribution in [-0.4, -0.2) is 23.3 Å². The number of benzene rings is 1. The van der Waals surface area contributed by atoms with E-state index in [1.54, 1.807) is 11.3 Å². The maximum absolute atomic E-state index is 8.71. The number of hydrogen-bond donors (Lipinski definition) is 1. The highest BCUT2D eigenvalue weighted by Gasteiger charge is 2.06. The Labute approximate surface area is 105 Å². The Morgan fingerprint density at radius 3 is 2.94 bits per heavy atom. The molecule has 0 aliphatic heterocycles. The van der Waals surface area contributed by atoms with Crippen molar-refractivity contribution in [3.63, 3.8) is 0 Å². The van der Waals surface area contributed by atoms with Crippen LogP contribution in [0.1, 0.15) is 18.9 Å². The molecule has 92 valence electrons. The average molecular weight is 251 g/mol. The van der Waals surface area contributed by atoms with Gasteiger partial charge >= 0.3 is 0 Å². The molecule has 0 saturated heterocycles. The number of aromatic nitrogens is 1. The molecule has 0 radical (unpaired) electrons.